The highest BCUT2D eigenvalue weighted by molar-refractivity contribution is 6.10. The number of piperidine rings is 1. The Morgan fingerprint density at radius 1 is 1.25 bits per heavy atom. The lowest BCUT2D eigenvalue weighted by molar-refractivity contribution is -0.138. The molecule has 1 fully saturated rings. The maximum atomic E-state index is 13.3. The number of hydrogen-bond donors (Lipinski definition) is 1. The molecule has 0 radical (unpaired) electrons. The highest BCUT2D eigenvalue weighted by Crippen LogP contribution is 2.39. The number of benzene rings is 1. The average molecular weight is 289 g/mol. The number of halogens is 4. The van der Waals surface area contributed by atoms with Gasteiger partial charge >= 0.3 is 6.18 Å². The van der Waals surface area contributed by atoms with E-state index in [1.165, 1.54) is 0 Å². The van der Waals surface area contributed by atoms with Crippen molar-refractivity contribution in [2.24, 2.45) is 0 Å². The molecule has 1 heterocycles. The first-order valence-corrected chi connectivity index (χ1v) is 6.58. The largest absolute Gasteiger partial charge is 0.416 e. The monoisotopic (exact) mass is 289 g/mol. The molecule has 0 saturated carbocycles. The molecule has 1 N–H and O–H groups in total. The van der Waals surface area contributed by atoms with Gasteiger partial charge in [-0.05, 0) is 42.5 Å². The Morgan fingerprint density at radius 2 is 1.85 bits per heavy atom. The van der Waals surface area contributed by atoms with E-state index in [0.29, 0.717) is 25.9 Å². The summed E-state index contributed by atoms with van der Waals surface area (Å²) in [7, 11) is 1.63. The molecule has 1 aliphatic heterocycles. The third kappa shape index (κ3) is 3.33. The molecule has 7 heteroatoms. The Kier molecular flexibility index (Phi) is 4.39. The summed E-state index contributed by atoms with van der Waals surface area (Å²) >= 11 is 0. The third-order valence-corrected chi connectivity index (χ3v) is 3.82. The molecule has 1 aromatic carbocycles. The van der Waals surface area contributed by atoms with Gasteiger partial charge in [0.25, 0.3) is 0 Å². The summed E-state index contributed by atoms with van der Waals surface area (Å²) in [6.07, 6.45) is -4.11. The second-order valence-electron chi connectivity index (χ2n) is 5.17. The van der Waals surface area contributed by atoms with Gasteiger partial charge in [0, 0.05) is 13.1 Å². The average Bonchev–Trinajstić information content (AvgIpc) is 2.37. The van der Waals surface area contributed by atoms with E-state index in [-0.39, 0.29) is 11.5 Å². The van der Waals surface area contributed by atoms with Crippen LogP contribution in [-0.4, -0.2) is 37.1 Å². The van der Waals surface area contributed by atoms with Crippen molar-refractivity contribution in [1.29, 1.82) is 0 Å². The molecule has 1 atom stereocenters. The molecule has 1 unspecified atom stereocenters. The summed E-state index contributed by atoms with van der Waals surface area (Å²) in [5.74, 6) is -0.969. The van der Waals surface area contributed by atoms with Gasteiger partial charge in [0.2, 0.25) is 0 Å². The minimum Gasteiger partial charge on any atom is -0.387 e. The van der Waals surface area contributed by atoms with Crippen molar-refractivity contribution in [3.05, 3.63) is 35.1 Å². The summed E-state index contributed by atoms with van der Waals surface area (Å²) in [6.45, 7) is 1.02. The van der Waals surface area contributed by atoms with Crippen LogP contribution in [0.5, 0.6) is 0 Å². The zero-order valence-corrected chi connectivity index (χ0v) is 11.1. The predicted molar refractivity (Wildman–Crippen MR) is 69.5 cm³/mol. The second-order valence-corrected chi connectivity index (χ2v) is 5.17. The minimum atomic E-state index is -4.47. The number of aliphatic hydroxyl groups excluding tert-OH is 1. The lowest BCUT2D eigenvalue weighted by Crippen LogP contribution is -2.41. The van der Waals surface area contributed by atoms with E-state index < -0.39 is 23.7 Å². The molecule has 110 valence electrons. The first kappa shape index (κ1) is 15.3. The van der Waals surface area contributed by atoms with E-state index in [1.54, 1.807) is 12.7 Å². The van der Waals surface area contributed by atoms with Crippen LogP contribution in [0.25, 0.3) is 0 Å². The molecule has 0 amide bonds. The summed E-state index contributed by atoms with van der Waals surface area (Å²) in [4.78, 5) is 1.79. The second kappa shape index (κ2) is 5.73. The maximum Gasteiger partial charge on any atom is 0.416 e. The van der Waals surface area contributed by atoms with E-state index in [0.717, 1.165) is 18.2 Å². The molecule has 0 spiro atoms. The molecule has 20 heavy (non-hydrogen) atoms. The Hall–Kier alpha value is -1.08. The summed E-state index contributed by atoms with van der Waals surface area (Å²) in [5, 5.41) is 9.45. The van der Waals surface area contributed by atoms with Gasteiger partial charge in [-0.2, -0.15) is 13.2 Å². The molecule has 1 saturated heterocycles. The van der Waals surface area contributed by atoms with Crippen molar-refractivity contribution in [3.63, 3.8) is 0 Å². The fourth-order valence-electron chi connectivity index (χ4n) is 2.71. The van der Waals surface area contributed by atoms with Gasteiger partial charge in [-0.15, -0.1) is 0 Å². The number of rotatable bonds is 2. The van der Waals surface area contributed by atoms with Crippen LogP contribution in [0.15, 0.2) is 18.2 Å². The highest BCUT2D eigenvalue weighted by atomic mass is 19.4. The quantitative estimate of drug-likeness (QED) is 0.664. The molecule has 0 aromatic heterocycles. The normalized spacial score (nSPS) is 20.1. The van der Waals surface area contributed by atoms with Crippen molar-refractivity contribution in [3.8, 4) is 0 Å². The SMILES string of the molecule is BC(O)N1CCC(c2cc(F)ccc2C(F)(F)F)CC1. The highest BCUT2D eigenvalue weighted by Gasteiger charge is 2.36. The van der Waals surface area contributed by atoms with E-state index in [4.69, 9.17) is 0 Å². The van der Waals surface area contributed by atoms with Crippen LogP contribution in [-0.2, 0) is 6.18 Å². The van der Waals surface area contributed by atoms with Crippen LogP contribution >= 0.6 is 0 Å². The lowest BCUT2D eigenvalue weighted by atomic mass is 9.85. The van der Waals surface area contributed by atoms with Crippen LogP contribution in [0, 0.1) is 5.82 Å². The van der Waals surface area contributed by atoms with Gasteiger partial charge < -0.3 is 5.11 Å². The van der Waals surface area contributed by atoms with Gasteiger partial charge in [0.1, 0.15) is 5.82 Å². The zero-order chi connectivity index (χ0) is 14.9. The van der Waals surface area contributed by atoms with Crippen molar-refractivity contribution < 1.29 is 22.7 Å². The molecule has 1 aliphatic rings. The molecule has 0 bridgehead atoms. The van der Waals surface area contributed by atoms with Gasteiger partial charge in [-0.25, -0.2) is 4.39 Å². The van der Waals surface area contributed by atoms with E-state index in [1.807, 2.05) is 0 Å². The Bertz CT molecular complexity index is 470. The molecular formula is C13H16BF4NO. The van der Waals surface area contributed by atoms with E-state index in [2.05, 4.69) is 0 Å². The summed E-state index contributed by atoms with van der Waals surface area (Å²) < 4.78 is 52.2. The number of aliphatic hydroxyl groups is 1. The van der Waals surface area contributed by atoms with E-state index in [9.17, 15) is 22.7 Å². The van der Waals surface area contributed by atoms with Gasteiger partial charge in [-0.3, -0.25) is 4.90 Å². The number of nitrogens with zero attached hydrogens (tertiary/aromatic N) is 1. The Morgan fingerprint density at radius 3 is 2.35 bits per heavy atom. The van der Waals surface area contributed by atoms with Crippen molar-refractivity contribution in [1.82, 2.24) is 4.90 Å². The summed E-state index contributed by atoms with van der Waals surface area (Å²) in [6, 6.07) is 2.65. The number of alkyl halides is 3. The van der Waals surface area contributed by atoms with E-state index >= 15 is 0 Å². The van der Waals surface area contributed by atoms with Gasteiger partial charge in [-0.1, -0.05) is 0 Å². The Labute approximate surface area is 115 Å². The van der Waals surface area contributed by atoms with Crippen LogP contribution in [0.3, 0.4) is 0 Å². The summed E-state index contributed by atoms with van der Waals surface area (Å²) in [5.41, 5.74) is -0.725. The number of hydrogen-bond acceptors (Lipinski definition) is 2. The third-order valence-electron chi connectivity index (χ3n) is 3.82. The van der Waals surface area contributed by atoms with Gasteiger partial charge in [0.15, 0.2) is 7.85 Å². The Balaban J connectivity index is 2.23. The number of likely N-dealkylation sites (tertiary alicyclic amines) is 1. The van der Waals surface area contributed by atoms with Crippen molar-refractivity contribution >= 4 is 7.85 Å². The van der Waals surface area contributed by atoms with Crippen molar-refractivity contribution in [2.45, 2.75) is 31.1 Å². The van der Waals surface area contributed by atoms with Gasteiger partial charge in [0.05, 0.1) is 11.7 Å². The first-order valence-electron chi connectivity index (χ1n) is 6.58. The predicted octanol–water partition coefficient (Wildman–Crippen LogP) is 1.93. The van der Waals surface area contributed by atoms with Crippen molar-refractivity contribution in [2.75, 3.05) is 13.1 Å². The standard InChI is InChI=1S/C13H16BF4NO/c14-12(20)19-5-3-8(4-6-19)10-7-9(15)1-2-11(10)13(16,17)18/h1-2,7-8,12,20H,3-6,14H2. The first-order chi connectivity index (χ1) is 9.29. The molecular weight excluding hydrogens is 273 g/mol. The topological polar surface area (TPSA) is 23.5 Å². The molecule has 1 aromatic rings. The molecule has 2 nitrogen and oxygen atoms in total. The van der Waals surface area contributed by atoms with Crippen LogP contribution in [0.2, 0.25) is 0 Å². The smallest absolute Gasteiger partial charge is 0.387 e. The fourth-order valence-corrected chi connectivity index (χ4v) is 2.71. The fraction of sp³-hybridized carbons (Fsp3) is 0.538. The maximum absolute atomic E-state index is 13.3. The zero-order valence-electron chi connectivity index (χ0n) is 11.1. The van der Waals surface area contributed by atoms with Crippen LogP contribution in [0.1, 0.15) is 29.9 Å². The molecule has 2 rings (SSSR count). The lowest BCUT2D eigenvalue weighted by Gasteiger charge is -2.34. The minimum absolute atomic E-state index is 0.0303. The van der Waals surface area contributed by atoms with Crippen LogP contribution < -0.4 is 0 Å². The van der Waals surface area contributed by atoms with Crippen LogP contribution in [0.4, 0.5) is 17.6 Å². The molecule has 0 aliphatic carbocycles.